The van der Waals surface area contributed by atoms with Gasteiger partial charge in [0.05, 0.1) is 0 Å². The molecule has 1 aliphatic rings. The average Bonchev–Trinajstić information content (AvgIpc) is 2.55. The van der Waals surface area contributed by atoms with E-state index in [1.54, 1.807) is 6.33 Å². The Bertz CT molecular complexity index is 270. The third kappa shape index (κ3) is 1.66. The van der Waals surface area contributed by atoms with Gasteiger partial charge in [0.25, 0.3) is 0 Å². The van der Waals surface area contributed by atoms with Gasteiger partial charge in [-0.1, -0.05) is 0 Å². The summed E-state index contributed by atoms with van der Waals surface area (Å²) in [6.07, 6.45) is 1.62. The first-order valence-electron chi connectivity index (χ1n) is 4.45. The fourth-order valence-corrected chi connectivity index (χ4v) is 2.34. The number of nitrogens with zero attached hydrogens (tertiary/aromatic N) is 3. The van der Waals surface area contributed by atoms with Gasteiger partial charge in [-0.05, 0) is 13.8 Å². The molecule has 0 saturated carbocycles. The van der Waals surface area contributed by atoms with Crippen LogP contribution >= 0.6 is 11.5 Å². The number of hydrogen-bond donors (Lipinski definition) is 1. The Kier molecular flexibility index (Phi) is 2.21. The van der Waals surface area contributed by atoms with Crippen LogP contribution in [0.15, 0.2) is 6.33 Å². The van der Waals surface area contributed by atoms with Crippen LogP contribution in [0.3, 0.4) is 0 Å². The molecule has 0 bridgehead atoms. The molecular weight excluding hydrogens is 184 g/mol. The lowest BCUT2D eigenvalue weighted by molar-refractivity contribution is 0.380. The molecule has 1 aromatic rings. The van der Waals surface area contributed by atoms with Crippen molar-refractivity contribution in [1.29, 1.82) is 0 Å². The maximum atomic E-state index is 4.24. The minimum Gasteiger partial charge on any atom is -0.339 e. The predicted molar refractivity (Wildman–Crippen MR) is 54.2 cm³/mol. The minimum atomic E-state index is 0.151. The Hall–Kier alpha value is -0.680. The monoisotopic (exact) mass is 198 g/mol. The van der Waals surface area contributed by atoms with E-state index in [-0.39, 0.29) is 5.54 Å². The smallest absolute Gasteiger partial charge is 0.205 e. The number of piperazine rings is 1. The van der Waals surface area contributed by atoms with Gasteiger partial charge in [-0.25, -0.2) is 4.98 Å². The third-order valence-corrected chi connectivity index (χ3v) is 3.07. The number of nitrogens with one attached hydrogen (secondary N) is 1. The maximum Gasteiger partial charge on any atom is 0.205 e. The van der Waals surface area contributed by atoms with Crippen LogP contribution in [0.5, 0.6) is 0 Å². The highest BCUT2D eigenvalue weighted by atomic mass is 32.1. The van der Waals surface area contributed by atoms with Crippen molar-refractivity contribution in [3.05, 3.63) is 6.33 Å². The van der Waals surface area contributed by atoms with Crippen LogP contribution < -0.4 is 10.2 Å². The second-order valence-electron chi connectivity index (χ2n) is 3.86. The van der Waals surface area contributed by atoms with Crippen LogP contribution in [0.25, 0.3) is 0 Å². The summed E-state index contributed by atoms with van der Waals surface area (Å²) >= 11 is 1.47. The predicted octanol–water partition coefficient (Wildman–Crippen LogP) is 0.726. The standard InChI is InChI=1S/C8H14N4S/c1-8(2)5-9-3-4-12(8)7-10-6-11-13-7/h6,9H,3-5H2,1-2H3. The summed E-state index contributed by atoms with van der Waals surface area (Å²) in [5.41, 5.74) is 0.151. The molecule has 0 aromatic carbocycles. The first-order chi connectivity index (χ1) is 6.20. The Morgan fingerprint density at radius 1 is 1.62 bits per heavy atom. The summed E-state index contributed by atoms with van der Waals surface area (Å²) < 4.78 is 4.03. The van der Waals surface area contributed by atoms with Crippen LogP contribution in [-0.4, -0.2) is 34.5 Å². The van der Waals surface area contributed by atoms with Crippen molar-refractivity contribution >= 4 is 16.7 Å². The molecule has 2 rings (SSSR count). The summed E-state index contributed by atoms with van der Waals surface area (Å²) in [7, 11) is 0. The molecule has 1 fully saturated rings. The SMILES string of the molecule is CC1(C)CNCCN1c1ncns1. The molecule has 0 spiro atoms. The molecule has 0 atom stereocenters. The number of aromatic nitrogens is 2. The van der Waals surface area contributed by atoms with E-state index in [1.165, 1.54) is 11.5 Å². The summed E-state index contributed by atoms with van der Waals surface area (Å²) in [5, 5.41) is 4.42. The van der Waals surface area contributed by atoms with E-state index in [0.717, 1.165) is 24.8 Å². The van der Waals surface area contributed by atoms with Crippen molar-refractivity contribution in [2.45, 2.75) is 19.4 Å². The van der Waals surface area contributed by atoms with Gasteiger partial charge in [0, 0.05) is 36.7 Å². The zero-order valence-electron chi connectivity index (χ0n) is 7.95. The van der Waals surface area contributed by atoms with Crippen LogP contribution in [0.2, 0.25) is 0 Å². The molecule has 72 valence electrons. The van der Waals surface area contributed by atoms with Crippen molar-refractivity contribution in [1.82, 2.24) is 14.7 Å². The van der Waals surface area contributed by atoms with Crippen molar-refractivity contribution in [3.63, 3.8) is 0 Å². The van der Waals surface area contributed by atoms with Crippen LogP contribution in [0, 0.1) is 0 Å². The highest BCUT2D eigenvalue weighted by Crippen LogP contribution is 2.25. The quantitative estimate of drug-likeness (QED) is 0.722. The summed E-state index contributed by atoms with van der Waals surface area (Å²) in [6.45, 7) is 7.50. The van der Waals surface area contributed by atoms with Gasteiger partial charge in [-0.15, -0.1) is 0 Å². The van der Waals surface area contributed by atoms with Gasteiger partial charge in [-0.3, -0.25) is 0 Å². The van der Waals surface area contributed by atoms with Crippen LogP contribution in [0.4, 0.5) is 5.13 Å². The van der Waals surface area contributed by atoms with E-state index in [1.807, 2.05) is 0 Å². The fourth-order valence-electron chi connectivity index (χ4n) is 1.62. The lowest BCUT2D eigenvalue weighted by Gasteiger charge is -2.42. The third-order valence-electron chi connectivity index (χ3n) is 2.38. The summed E-state index contributed by atoms with van der Waals surface area (Å²) in [4.78, 5) is 6.56. The zero-order valence-corrected chi connectivity index (χ0v) is 8.77. The molecule has 1 N–H and O–H groups in total. The molecule has 0 radical (unpaired) electrons. The summed E-state index contributed by atoms with van der Waals surface area (Å²) in [5.74, 6) is 0. The average molecular weight is 198 g/mol. The van der Waals surface area contributed by atoms with Gasteiger partial charge in [0.15, 0.2) is 0 Å². The molecular formula is C8H14N4S. The van der Waals surface area contributed by atoms with Crippen LogP contribution in [0.1, 0.15) is 13.8 Å². The Morgan fingerprint density at radius 3 is 3.08 bits per heavy atom. The largest absolute Gasteiger partial charge is 0.339 e. The molecule has 0 amide bonds. The second kappa shape index (κ2) is 3.23. The van der Waals surface area contributed by atoms with E-state index in [4.69, 9.17) is 0 Å². The lowest BCUT2D eigenvalue weighted by atomic mass is 10.0. The molecule has 5 heteroatoms. The number of anilines is 1. The minimum absolute atomic E-state index is 0.151. The molecule has 4 nitrogen and oxygen atoms in total. The van der Waals surface area contributed by atoms with Crippen molar-refractivity contribution < 1.29 is 0 Å². The number of rotatable bonds is 1. The topological polar surface area (TPSA) is 41.0 Å². The molecule has 1 saturated heterocycles. The fraction of sp³-hybridized carbons (Fsp3) is 0.750. The highest BCUT2D eigenvalue weighted by Gasteiger charge is 2.31. The van der Waals surface area contributed by atoms with E-state index in [0.29, 0.717) is 0 Å². The Morgan fingerprint density at radius 2 is 2.46 bits per heavy atom. The molecule has 13 heavy (non-hydrogen) atoms. The highest BCUT2D eigenvalue weighted by molar-refractivity contribution is 7.09. The number of hydrogen-bond acceptors (Lipinski definition) is 5. The van der Waals surface area contributed by atoms with Gasteiger partial charge in [0.2, 0.25) is 5.13 Å². The van der Waals surface area contributed by atoms with E-state index in [9.17, 15) is 0 Å². The second-order valence-corrected chi connectivity index (χ2v) is 4.62. The van der Waals surface area contributed by atoms with Crippen molar-refractivity contribution in [2.75, 3.05) is 24.5 Å². The first kappa shape index (κ1) is 8.90. The van der Waals surface area contributed by atoms with Gasteiger partial charge < -0.3 is 10.2 Å². The van der Waals surface area contributed by atoms with E-state index >= 15 is 0 Å². The molecule has 0 unspecified atom stereocenters. The molecule has 2 heterocycles. The molecule has 0 aliphatic carbocycles. The zero-order chi connectivity index (χ0) is 9.31. The normalized spacial score (nSPS) is 21.8. The van der Waals surface area contributed by atoms with E-state index < -0.39 is 0 Å². The van der Waals surface area contributed by atoms with Gasteiger partial charge in [0.1, 0.15) is 6.33 Å². The first-order valence-corrected chi connectivity index (χ1v) is 5.22. The van der Waals surface area contributed by atoms with Crippen LogP contribution in [-0.2, 0) is 0 Å². The molecule has 1 aliphatic heterocycles. The Labute approximate surface area is 82.1 Å². The van der Waals surface area contributed by atoms with E-state index in [2.05, 4.69) is 33.4 Å². The summed E-state index contributed by atoms with van der Waals surface area (Å²) in [6, 6.07) is 0. The van der Waals surface area contributed by atoms with Crippen molar-refractivity contribution in [2.24, 2.45) is 0 Å². The maximum absolute atomic E-state index is 4.24. The van der Waals surface area contributed by atoms with Gasteiger partial charge >= 0.3 is 0 Å². The van der Waals surface area contributed by atoms with Gasteiger partial charge in [-0.2, -0.15) is 4.37 Å². The lowest BCUT2D eigenvalue weighted by Crippen LogP contribution is -2.58. The molecule has 1 aromatic heterocycles. The Balaban J connectivity index is 2.21. The van der Waals surface area contributed by atoms with Crippen molar-refractivity contribution in [3.8, 4) is 0 Å².